The molecule has 3 rings (SSSR count). The lowest BCUT2D eigenvalue weighted by Crippen LogP contribution is -2.33. The molecule has 2 heterocycles. The van der Waals surface area contributed by atoms with Gasteiger partial charge in [0.05, 0.1) is 5.56 Å². The van der Waals surface area contributed by atoms with Crippen molar-refractivity contribution in [2.75, 3.05) is 26.2 Å². The summed E-state index contributed by atoms with van der Waals surface area (Å²) in [4.78, 5) is 14.6. The Bertz CT molecular complexity index is 512. The molecule has 0 unspecified atom stereocenters. The molecule has 1 N–H and O–H groups in total. The number of nitrogens with one attached hydrogen (secondary N) is 1. The third-order valence-electron chi connectivity index (χ3n) is 4.47. The van der Waals surface area contributed by atoms with E-state index in [2.05, 4.69) is 21.2 Å². The van der Waals surface area contributed by atoms with Gasteiger partial charge in [0.1, 0.15) is 0 Å². The molecule has 1 aromatic rings. The first-order valence-corrected chi connectivity index (χ1v) is 8.27. The van der Waals surface area contributed by atoms with Crippen LogP contribution in [0.25, 0.3) is 0 Å². The van der Waals surface area contributed by atoms with Crippen molar-refractivity contribution in [3.8, 4) is 0 Å². The predicted octanol–water partition coefficient (Wildman–Crippen LogP) is 3.60. The summed E-state index contributed by atoms with van der Waals surface area (Å²) in [6, 6.07) is 5.38. The van der Waals surface area contributed by atoms with Gasteiger partial charge in [-0.15, -0.1) is 12.4 Å². The zero-order valence-electron chi connectivity index (χ0n) is 11.6. The van der Waals surface area contributed by atoms with Gasteiger partial charge in [0, 0.05) is 22.6 Å². The number of halogens is 3. The average Bonchev–Trinajstić information content (AvgIpc) is 2.80. The van der Waals surface area contributed by atoms with Gasteiger partial charge in [-0.3, -0.25) is 4.79 Å². The van der Waals surface area contributed by atoms with Crippen LogP contribution in [-0.2, 0) is 0 Å². The second-order valence-corrected chi connectivity index (χ2v) is 6.96. The maximum absolute atomic E-state index is 12.7. The Kier molecular flexibility index (Phi) is 5.95. The highest BCUT2D eigenvalue weighted by molar-refractivity contribution is 9.10. The molecule has 2 atom stereocenters. The molecule has 1 amide bonds. The number of amides is 1. The van der Waals surface area contributed by atoms with Crippen LogP contribution < -0.4 is 5.32 Å². The third kappa shape index (κ3) is 3.73. The van der Waals surface area contributed by atoms with E-state index < -0.39 is 0 Å². The topological polar surface area (TPSA) is 32.3 Å². The highest BCUT2D eigenvalue weighted by Crippen LogP contribution is 2.29. The van der Waals surface area contributed by atoms with Crippen molar-refractivity contribution < 1.29 is 4.79 Å². The summed E-state index contributed by atoms with van der Waals surface area (Å²) >= 11 is 9.46. The Labute approximate surface area is 144 Å². The van der Waals surface area contributed by atoms with E-state index in [9.17, 15) is 4.79 Å². The molecule has 2 saturated heterocycles. The number of nitrogens with zero attached hydrogens (tertiary/aromatic N) is 1. The zero-order valence-corrected chi connectivity index (χ0v) is 14.8. The third-order valence-corrected chi connectivity index (χ3v) is 5.39. The minimum absolute atomic E-state index is 0. The van der Waals surface area contributed by atoms with Crippen molar-refractivity contribution in [1.29, 1.82) is 0 Å². The fourth-order valence-electron chi connectivity index (χ4n) is 3.25. The highest BCUT2D eigenvalue weighted by atomic mass is 79.9. The summed E-state index contributed by atoms with van der Waals surface area (Å²) in [5, 5.41) is 4.06. The molecule has 116 valence electrons. The first kappa shape index (κ1) is 17.1. The summed E-state index contributed by atoms with van der Waals surface area (Å²) < 4.78 is 0.818. The Morgan fingerprint density at radius 2 is 1.86 bits per heavy atom. The molecule has 0 radical (unpaired) electrons. The number of carbonyl (C=O) groups excluding carboxylic acids is 1. The monoisotopic (exact) mass is 392 g/mol. The van der Waals surface area contributed by atoms with E-state index in [-0.39, 0.29) is 18.3 Å². The predicted molar refractivity (Wildman–Crippen MR) is 91.4 cm³/mol. The second kappa shape index (κ2) is 7.32. The van der Waals surface area contributed by atoms with Crippen LogP contribution in [0.2, 0.25) is 5.02 Å². The smallest absolute Gasteiger partial charge is 0.255 e. The molecule has 0 bridgehead atoms. The number of fused-ring (bicyclic) bond motifs is 1. The van der Waals surface area contributed by atoms with Crippen molar-refractivity contribution in [3.63, 3.8) is 0 Å². The lowest BCUT2D eigenvalue weighted by molar-refractivity contribution is 0.0757. The second-order valence-electron chi connectivity index (χ2n) is 5.67. The van der Waals surface area contributed by atoms with Crippen molar-refractivity contribution >= 4 is 45.8 Å². The molecule has 2 fully saturated rings. The summed E-state index contributed by atoms with van der Waals surface area (Å²) in [5.41, 5.74) is 0.669. The van der Waals surface area contributed by atoms with Crippen LogP contribution in [0.1, 0.15) is 23.2 Å². The molecule has 0 spiro atoms. The van der Waals surface area contributed by atoms with E-state index in [4.69, 9.17) is 11.6 Å². The van der Waals surface area contributed by atoms with Crippen molar-refractivity contribution in [1.82, 2.24) is 10.2 Å². The molecule has 1 aromatic carbocycles. The molecule has 0 aliphatic carbocycles. The van der Waals surface area contributed by atoms with Crippen molar-refractivity contribution in [2.45, 2.75) is 12.8 Å². The van der Waals surface area contributed by atoms with Gasteiger partial charge >= 0.3 is 0 Å². The highest BCUT2D eigenvalue weighted by Gasteiger charge is 2.32. The molecule has 2 aliphatic heterocycles. The van der Waals surface area contributed by atoms with Crippen LogP contribution in [0.3, 0.4) is 0 Å². The minimum atomic E-state index is 0. The molecular formula is C15H19BrCl2N2O. The quantitative estimate of drug-likeness (QED) is 0.790. The molecule has 6 heteroatoms. The standard InChI is InChI=1S/C15H18BrClN2O.ClH/c16-14-2-1-12(17)7-13(14)15(20)19-5-3-10-8-18-9-11(10)4-6-19;/h1-2,7,10-11,18H,3-6,8-9H2;1H/t10-,11+;. The first-order chi connectivity index (χ1) is 9.65. The van der Waals surface area contributed by atoms with E-state index >= 15 is 0 Å². The molecule has 0 saturated carbocycles. The Hall–Kier alpha value is -0.290. The van der Waals surface area contributed by atoms with E-state index in [1.165, 1.54) is 0 Å². The van der Waals surface area contributed by atoms with Gasteiger partial charge in [0.15, 0.2) is 0 Å². The van der Waals surface area contributed by atoms with Crippen molar-refractivity contribution in [3.05, 3.63) is 33.3 Å². The molecule has 21 heavy (non-hydrogen) atoms. The number of likely N-dealkylation sites (tertiary alicyclic amines) is 1. The van der Waals surface area contributed by atoms with E-state index in [1.54, 1.807) is 12.1 Å². The molecule has 3 nitrogen and oxygen atoms in total. The fraction of sp³-hybridized carbons (Fsp3) is 0.533. The average molecular weight is 394 g/mol. The maximum Gasteiger partial charge on any atom is 0.255 e. The summed E-state index contributed by atoms with van der Waals surface area (Å²) in [7, 11) is 0. The number of rotatable bonds is 1. The van der Waals surface area contributed by atoms with Crippen LogP contribution in [0.15, 0.2) is 22.7 Å². The maximum atomic E-state index is 12.7. The van der Waals surface area contributed by atoms with E-state index in [1.807, 2.05) is 11.0 Å². The Morgan fingerprint density at radius 3 is 2.48 bits per heavy atom. The molecular weight excluding hydrogens is 375 g/mol. The van der Waals surface area contributed by atoms with Crippen LogP contribution >= 0.6 is 39.9 Å². The first-order valence-electron chi connectivity index (χ1n) is 7.10. The number of hydrogen-bond acceptors (Lipinski definition) is 2. The largest absolute Gasteiger partial charge is 0.339 e. The summed E-state index contributed by atoms with van der Waals surface area (Å²) in [5.74, 6) is 1.55. The van der Waals surface area contributed by atoms with Gasteiger partial charge in [-0.25, -0.2) is 0 Å². The van der Waals surface area contributed by atoms with E-state index in [0.29, 0.717) is 10.6 Å². The Balaban J connectivity index is 0.00000161. The molecule has 2 aliphatic rings. The van der Waals surface area contributed by atoms with Gasteiger partial charge in [-0.05, 0) is 71.9 Å². The minimum Gasteiger partial charge on any atom is -0.339 e. The number of hydrogen-bond donors (Lipinski definition) is 1. The number of carbonyl (C=O) groups is 1. The van der Waals surface area contributed by atoms with Gasteiger partial charge < -0.3 is 10.2 Å². The van der Waals surface area contributed by atoms with Crippen LogP contribution in [0, 0.1) is 11.8 Å². The Morgan fingerprint density at radius 1 is 1.24 bits per heavy atom. The van der Waals surface area contributed by atoms with Gasteiger partial charge in [-0.1, -0.05) is 11.6 Å². The van der Waals surface area contributed by atoms with Crippen molar-refractivity contribution in [2.24, 2.45) is 11.8 Å². The lowest BCUT2D eigenvalue weighted by Gasteiger charge is -2.21. The molecule has 0 aromatic heterocycles. The van der Waals surface area contributed by atoms with Crippen LogP contribution in [0.5, 0.6) is 0 Å². The van der Waals surface area contributed by atoms with Gasteiger partial charge in [0.2, 0.25) is 0 Å². The normalized spacial score (nSPS) is 25.0. The zero-order chi connectivity index (χ0) is 14.1. The number of benzene rings is 1. The van der Waals surface area contributed by atoms with Gasteiger partial charge in [0.25, 0.3) is 5.91 Å². The van der Waals surface area contributed by atoms with Gasteiger partial charge in [-0.2, -0.15) is 0 Å². The summed E-state index contributed by atoms with van der Waals surface area (Å²) in [6.45, 7) is 3.91. The SMILES string of the molecule is Cl.O=C(c1cc(Cl)ccc1Br)N1CC[C@@H]2CNC[C@@H]2CC1. The lowest BCUT2D eigenvalue weighted by atomic mass is 9.92. The van der Waals surface area contributed by atoms with Crippen LogP contribution in [0.4, 0.5) is 0 Å². The fourth-order valence-corrected chi connectivity index (χ4v) is 3.84. The van der Waals surface area contributed by atoms with E-state index in [0.717, 1.165) is 55.3 Å². The summed E-state index contributed by atoms with van der Waals surface area (Å²) in [6.07, 6.45) is 2.20. The van der Waals surface area contributed by atoms with Crippen LogP contribution in [-0.4, -0.2) is 37.0 Å².